The summed E-state index contributed by atoms with van der Waals surface area (Å²) in [5.41, 5.74) is 22.6. The van der Waals surface area contributed by atoms with Crippen molar-refractivity contribution in [3.05, 3.63) is 0 Å². The van der Waals surface area contributed by atoms with Gasteiger partial charge in [0.1, 0.15) is 30.2 Å². The molecule has 0 aromatic carbocycles. The van der Waals surface area contributed by atoms with Gasteiger partial charge in [-0.1, -0.05) is 40.5 Å². The highest BCUT2D eigenvalue weighted by molar-refractivity contribution is 5.97. The number of carboxylic acid groups (broad SMARTS) is 2. The van der Waals surface area contributed by atoms with Gasteiger partial charge in [0, 0.05) is 0 Å². The number of aliphatic carboxylic acids is 2. The van der Waals surface area contributed by atoms with E-state index in [-0.39, 0.29) is 19.4 Å². The average molecular weight is 730 g/mol. The van der Waals surface area contributed by atoms with Crippen LogP contribution in [-0.4, -0.2) is 108 Å². The zero-order valence-electron chi connectivity index (χ0n) is 30.6. The van der Waals surface area contributed by atoms with Gasteiger partial charge in [-0.05, 0) is 82.8 Å². The minimum absolute atomic E-state index is 0.0549. The number of nitrogens with two attached hydrogens (primary N) is 4. The van der Waals surface area contributed by atoms with Gasteiger partial charge in [-0.15, -0.1) is 0 Å². The van der Waals surface area contributed by atoms with Gasteiger partial charge in [0.2, 0.25) is 29.5 Å². The summed E-state index contributed by atoms with van der Waals surface area (Å²) >= 11 is 0. The van der Waals surface area contributed by atoms with E-state index in [1.54, 1.807) is 27.7 Å². The molecule has 7 unspecified atom stereocenters. The smallest absolute Gasteiger partial charge is 0.326 e. The first-order valence-electron chi connectivity index (χ1n) is 17.9. The van der Waals surface area contributed by atoms with Crippen LogP contribution in [0.5, 0.6) is 0 Å². The number of amides is 5. The Balaban J connectivity index is 6.09. The van der Waals surface area contributed by atoms with E-state index < -0.39 is 96.0 Å². The van der Waals surface area contributed by atoms with E-state index in [1.165, 1.54) is 0 Å². The van der Waals surface area contributed by atoms with Crippen LogP contribution in [0.1, 0.15) is 98.3 Å². The van der Waals surface area contributed by atoms with Gasteiger partial charge < -0.3 is 59.7 Å². The third-order valence-electron chi connectivity index (χ3n) is 8.50. The van der Waals surface area contributed by atoms with Crippen LogP contribution in [0.3, 0.4) is 0 Å². The van der Waals surface area contributed by atoms with Crippen molar-refractivity contribution in [2.45, 2.75) is 135 Å². The van der Waals surface area contributed by atoms with E-state index >= 15 is 0 Å². The third-order valence-corrected chi connectivity index (χ3v) is 8.50. The molecule has 0 aliphatic heterocycles. The number of hydrogen-bond donors (Lipinski definition) is 11. The first kappa shape index (κ1) is 47.1. The molecule has 0 aliphatic rings. The van der Waals surface area contributed by atoms with Gasteiger partial charge in [-0.2, -0.15) is 0 Å². The summed E-state index contributed by atoms with van der Waals surface area (Å²) in [6.07, 6.45) is 3.29. The summed E-state index contributed by atoms with van der Waals surface area (Å²) in [5.74, 6) is -7.47. The number of carbonyl (C=O) groups is 7. The SMILES string of the molecule is CCC(C)C(NC(=O)C(N)CCCCN)C(=O)NC(CC(=O)O)C(=O)NC(CCCCN)C(=O)NC(C(=O)NC(CCCCN)C(=O)O)C(C)C. The Morgan fingerprint density at radius 1 is 0.549 bits per heavy atom. The molecule has 0 aliphatic carbocycles. The molecule has 0 aromatic rings. The summed E-state index contributed by atoms with van der Waals surface area (Å²) < 4.78 is 0. The first-order valence-corrected chi connectivity index (χ1v) is 17.9. The fourth-order valence-corrected chi connectivity index (χ4v) is 5.08. The lowest BCUT2D eigenvalue weighted by Crippen LogP contribution is -2.60. The minimum atomic E-state index is -1.64. The number of unbranched alkanes of at least 4 members (excludes halogenated alkanes) is 3. The van der Waals surface area contributed by atoms with Crippen molar-refractivity contribution in [2.24, 2.45) is 34.8 Å². The highest BCUT2D eigenvalue weighted by Gasteiger charge is 2.35. The van der Waals surface area contributed by atoms with Crippen molar-refractivity contribution in [3.63, 3.8) is 0 Å². The maximum absolute atomic E-state index is 13.6. The molecule has 15 N–H and O–H groups in total. The third kappa shape index (κ3) is 18.8. The maximum Gasteiger partial charge on any atom is 0.326 e. The largest absolute Gasteiger partial charge is 0.481 e. The Morgan fingerprint density at radius 3 is 1.45 bits per heavy atom. The molecule has 0 rings (SSSR count). The predicted molar refractivity (Wildman–Crippen MR) is 191 cm³/mol. The highest BCUT2D eigenvalue weighted by atomic mass is 16.4. The summed E-state index contributed by atoms with van der Waals surface area (Å²) in [7, 11) is 0. The number of nitrogens with one attached hydrogen (secondary N) is 5. The Bertz CT molecular complexity index is 1130. The van der Waals surface area contributed by atoms with Crippen molar-refractivity contribution in [1.29, 1.82) is 0 Å². The summed E-state index contributed by atoms with van der Waals surface area (Å²) in [4.78, 5) is 90.1. The van der Waals surface area contributed by atoms with E-state index in [2.05, 4.69) is 26.6 Å². The molecule has 294 valence electrons. The average Bonchev–Trinajstić information content (AvgIpc) is 3.07. The molecule has 0 saturated carbocycles. The molecule has 7 atom stereocenters. The lowest BCUT2D eigenvalue weighted by atomic mass is 9.96. The van der Waals surface area contributed by atoms with Crippen molar-refractivity contribution in [1.82, 2.24) is 26.6 Å². The standard InChI is InChI=1S/C33H63N9O9/c1-5-20(4)27(42-28(45)21(37)12-6-9-15-34)32(49)40-24(18-25(43)44)30(47)38-22(13-7-10-16-35)29(46)41-26(19(2)3)31(48)39-23(33(50)51)14-8-11-17-36/h19-24,26-27H,5-18,34-37H2,1-4H3,(H,38,47)(H,39,48)(H,40,49)(H,41,46)(H,42,45)(H,43,44)(H,50,51). The maximum atomic E-state index is 13.6. The van der Waals surface area contributed by atoms with Crippen LogP contribution in [0.2, 0.25) is 0 Å². The second-order valence-electron chi connectivity index (χ2n) is 13.2. The molecular weight excluding hydrogens is 666 g/mol. The van der Waals surface area contributed by atoms with Gasteiger partial charge in [-0.3, -0.25) is 28.8 Å². The topological polar surface area (TPSA) is 324 Å². The monoisotopic (exact) mass is 729 g/mol. The lowest BCUT2D eigenvalue weighted by molar-refractivity contribution is -0.143. The number of carbonyl (C=O) groups excluding carboxylic acids is 5. The second kappa shape index (κ2) is 26.0. The molecule has 51 heavy (non-hydrogen) atoms. The zero-order chi connectivity index (χ0) is 39.1. The predicted octanol–water partition coefficient (Wildman–Crippen LogP) is -1.61. The Hall–Kier alpha value is -3.87. The summed E-state index contributed by atoms with van der Waals surface area (Å²) in [6.45, 7) is 7.87. The lowest BCUT2D eigenvalue weighted by Gasteiger charge is -2.29. The molecule has 0 heterocycles. The Kier molecular flexibility index (Phi) is 24.0. The van der Waals surface area contributed by atoms with E-state index in [4.69, 9.17) is 22.9 Å². The molecule has 0 bridgehead atoms. The van der Waals surface area contributed by atoms with Crippen LogP contribution < -0.4 is 49.5 Å². The minimum Gasteiger partial charge on any atom is -0.481 e. The van der Waals surface area contributed by atoms with Crippen LogP contribution in [0.25, 0.3) is 0 Å². The molecule has 18 heteroatoms. The Labute approximate surface area is 300 Å². The van der Waals surface area contributed by atoms with Gasteiger partial charge in [-0.25, -0.2) is 4.79 Å². The van der Waals surface area contributed by atoms with Crippen molar-refractivity contribution in [3.8, 4) is 0 Å². The molecule has 0 fully saturated rings. The van der Waals surface area contributed by atoms with E-state index in [1.807, 2.05) is 0 Å². The van der Waals surface area contributed by atoms with E-state index in [0.717, 1.165) is 0 Å². The fraction of sp³-hybridized carbons (Fsp3) is 0.788. The summed E-state index contributed by atoms with van der Waals surface area (Å²) in [6, 6.07) is -7.37. The van der Waals surface area contributed by atoms with Crippen LogP contribution >= 0.6 is 0 Å². The first-order chi connectivity index (χ1) is 24.0. The normalized spacial score (nSPS) is 15.3. The van der Waals surface area contributed by atoms with Crippen LogP contribution in [0.4, 0.5) is 0 Å². The van der Waals surface area contributed by atoms with Gasteiger partial charge in [0.05, 0.1) is 12.5 Å². The second-order valence-corrected chi connectivity index (χ2v) is 13.2. The fourth-order valence-electron chi connectivity index (χ4n) is 5.08. The summed E-state index contributed by atoms with van der Waals surface area (Å²) in [5, 5.41) is 31.8. The van der Waals surface area contributed by atoms with E-state index in [0.29, 0.717) is 64.5 Å². The van der Waals surface area contributed by atoms with Gasteiger partial charge in [0.15, 0.2) is 0 Å². The molecule has 0 radical (unpaired) electrons. The molecule has 0 aromatic heterocycles. The highest BCUT2D eigenvalue weighted by Crippen LogP contribution is 2.12. The number of carboxylic acids is 2. The van der Waals surface area contributed by atoms with Gasteiger partial charge in [0.25, 0.3) is 0 Å². The molecule has 0 spiro atoms. The quantitative estimate of drug-likeness (QED) is 0.0404. The zero-order valence-corrected chi connectivity index (χ0v) is 30.6. The van der Waals surface area contributed by atoms with E-state index in [9.17, 15) is 43.8 Å². The molecule has 18 nitrogen and oxygen atoms in total. The van der Waals surface area contributed by atoms with Crippen LogP contribution in [0.15, 0.2) is 0 Å². The Morgan fingerprint density at radius 2 is 0.980 bits per heavy atom. The molecule has 5 amide bonds. The van der Waals surface area contributed by atoms with Crippen molar-refractivity contribution < 1.29 is 43.8 Å². The van der Waals surface area contributed by atoms with Gasteiger partial charge >= 0.3 is 11.9 Å². The van der Waals surface area contributed by atoms with Crippen molar-refractivity contribution >= 4 is 41.5 Å². The molecule has 0 saturated heterocycles. The number of rotatable bonds is 28. The van der Waals surface area contributed by atoms with Crippen LogP contribution in [-0.2, 0) is 33.6 Å². The molecular formula is C33H63N9O9. The van der Waals surface area contributed by atoms with Crippen molar-refractivity contribution in [2.75, 3.05) is 19.6 Å². The van der Waals surface area contributed by atoms with Crippen LogP contribution in [0, 0.1) is 11.8 Å². The number of hydrogen-bond acceptors (Lipinski definition) is 11.